The Morgan fingerprint density at radius 1 is 0.812 bits per heavy atom. The summed E-state index contributed by atoms with van der Waals surface area (Å²) < 4.78 is 0. The summed E-state index contributed by atoms with van der Waals surface area (Å²) in [6.07, 6.45) is 7.32. The number of nitriles is 2. The maximum atomic E-state index is 10.6. The number of benzene rings is 2. The van der Waals surface area contributed by atoms with Crippen molar-refractivity contribution in [3.8, 4) is 12.1 Å². The average Bonchev–Trinajstić information content (AvgIpc) is 3.60. The molecule has 2 aromatic rings. The van der Waals surface area contributed by atoms with Gasteiger partial charge in [0.15, 0.2) is 0 Å². The molecule has 1 fully saturated rings. The van der Waals surface area contributed by atoms with Crippen LogP contribution >= 0.6 is 0 Å². The molecule has 4 aliphatic rings. The van der Waals surface area contributed by atoms with Crippen molar-refractivity contribution in [3.63, 3.8) is 0 Å². The quantitative estimate of drug-likeness (QED) is 0.589. The monoisotopic (exact) mass is 418 g/mol. The fourth-order valence-electron chi connectivity index (χ4n) is 6.61. The maximum Gasteiger partial charge on any atom is 0.252 e. The SMILES string of the molecule is N#CC1(C#N)C2=C(CCCCCC2)[C@@]2(c3ccccc3)[C@@H]3C[C@@H]3C(c3ccccc3)=NN12. The van der Waals surface area contributed by atoms with E-state index in [1.807, 2.05) is 29.3 Å². The first-order valence-electron chi connectivity index (χ1n) is 11.8. The number of hydrazone groups is 1. The molecule has 32 heavy (non-hydrogen) atoms. The van der Waals surface area contributed by atoms with E-state index in [2.05, 4.69) is 48.5 Å². The first-order valence-corrected chi connectivity index (χ1v) is 11.8. The fourth-order valence-corrected chi connectivity index (χ4v) is 6.61. The Kier molecular flexibility index (Phi) is 4.27. The van der Waals surface area contributed by atoms with Gasteiger partial charge in [-0.3, -0.25) is 0 Å². The van der Waals surface area contributed by atoms with Crippen molar-refractivity contribution in [2.24, 2.45) is 16.9 Å². The largest absolute Gasteiger partial charge is 0.252 e. The molecule has 0 unspecified atom stereocenters. The van der Waals surface area contributed by atoms with Crippen molar-refractivity contribution in [3.05, 3.63) is 82.9 Å². The molecule has 4 nitrogen and oxygen atoms in total. The van der Waals surface area contributed by atoms with Gasteiger partial charge in [0.2, 0.25) is 0 Å². The molecule has 0 bridgehead atoms. The lowest BCUT2D eigenvalue weighted by molar-refractivity contribution is 0.0703. The van der Waals surface area contributed by atoms with Crippen molar-refractivity contribution < 1.29 is 0 Å². The van der Waals surface area contributed by atoms with Crippen LogP contribution in [0.3, 0.4) is 0 Å². The second-order valence-electron chi connectivity index (χ2n) is 9.55. The van der Waals surface area contributed by atoms with E-state index in [1.54, 1.807) is 0 Å². The van der Waals surface area contributed by atoms with Crippen molar-refractivity contribution in [2.45, 2.75) is 56.0 Å². The van der Waals surface area contributed by atoms with Crippen molar-refractivity contribution in [1.29, 1.82) is 10.5 Å². The summed E-state index contributed by atoms with van der Waals surface area (Å²) in [5.74, 6) is 0.701. The summed E-state index contributed by atoms with van der Waals surface area (Å²) in [5.41, 5.74) is 3.85. The summed E-state index contributed by atoms with van der Waals surface area (Å²) in [6, 6.07) is 25.8. The molecule has 0 N–H and O–H groups in total. The topological polar surface area (TPSA) is 63.2 Å². The lowest BCUT2D eigenvalue weighted by atomic mass is 9.73. The van der Waals surface area contributed by atoms with E-state index in [0.717, 1.165) is 55.4 Å². The summed E-state index contributed by atoms with van der Waals surface area (Å²) >= 11 is 0. The van der Waals surface area contributed by atoms with Gasteiger partial charge in [-0.15, -0.1) is 0 Å². The summed E-state index contributed by atoms with van der Waals surface area (Å²) in [5, 5.41) is 28.3. The Labute approximate surface area is 189 Å². The van der Waals surface area contributed by atoms with E-state index in [0.29, 0.717) is 11.8 Å². The average molecular weight is 419 g/mol. The molecule has 6 rings (SSSR count). The molecule has 0 amide bonds. The van der Waals surface area contributed by atoms with Crippen LogP contribution in [0.2, 0.25) is 0 Å². The molecule has 2 aliphatic heterocycles. The van der Waals surface area contributed by atoms with Gasteiger partial charge in [-0.1, -0.05) is 73.5 Å². The molecule has 2 aromatic carbocycles. The highest BCUT2D eigenvalue weighted by Crippen LogP contribution is 2.68. The number of hydrogen-bond donors (Lipinski definition) is 0. The Morgan fingerprint density at radius 3 is 2.09 bits per heavy atom. The van der Waals surface area contributed by atoms with Crippen LogP contribution in [0.25, 0.3) is 0 Å². The molecular weight excluding hydrogens is 392 g/mol. The maximum absolute atomic E-state index is 10.6. The molecule has 0 saturated heterocycles. The van der Waals surface area contributed by atoms with Crippen LogP contribution in [0.5, 0.6) is 0 Å². The summed E-state index contributed by atoms with van der Waals surface area (Å²) in [4.78, 5) is 0. The van der Waals surface area contributed by atoms with E-state index in [1.165, 1.54) is 17.6 Å². The second-order valence-corrected chi connectivity index (χ2v) is 9.55. The van der Waals surface area contributed by atoms with E-state index in [4.69, 9.17) is 5.10 Å². The normalized spacial score (nSPS) is 29.9. The van der Waals surface area contributed by atoms with Gasteiger partial charge in [0.25, 0.3) is 5.54 Å². The lowest BCUT2D eigenvalue weighted by Crippen LogP contribution is -2.55. The molecule has 158 valence electrons. The van der Waals surface area contributed by atoms with Gasteiger partial charge in [0.1, 0.15) is 17.7 Å². The molecular formula is C28H26N4. The number of hydrogen-bond acceptors (Lipinski definition) is 4. The zero-order chi connectivity index (χ0) is 21.8. The molecule has 4 heteroatoms. The van der Waals surface area contributed by atoms with Gasteiger partial charge < -0.3 is 0 Å². The molecule has 1 saturated carbocycles. The van der Waals surface area contributed by atoms with Crippen LogP contribution in [0, 0.1) is 34.5 Å². The van der Waals surface area contributed by atoms with Gasteiger partial charge in [0.05, 0.1) is 5.71 Å². The van der Waals surface area contributed by atoms with Crippen LogP contribution in [0.1, 0.15) is 56.1 Å². The van der Waals surface area contributed by atoms with Gasteiger partial charge >= 0.3 is 0 Å². The first-order chi connectivity index (χ1) is 15.8. The van der Waals surface area contributed by atoms with Crippen molar-refractivity contribution in [2.75, 3.05) is 0 Å². The highest BCUT2D eigenvalue weighted by atomic mass is 15.6. The van der Waals surface area contributed by atoms with Gasteiger partial charge in [0, 0.05) is 11.8 Å². The Balaban J connectivity index is 1.66. The molecule has 0 radical (unpaired) electrons. The van der Waals surface area contributed by atoms with Crippen LogP contribution < -0.4 is 0 Å². The summed E-state index contributed by atoms with van der Waals surface area (Å²) in [6.45, 7) is 0. The number of nitrogens with zero attached hydrogens (tertiary/aromatic N) is 4. The molecule has 2 heterocycles. The van der Waals surface area contributed by atoms with Crippen LogP contribution in [-0.4, -0.2) is 16.3 Å². The molecule has 0 spiro atoms. The minimum atomic E-state index is -1.34. The highest BCUT2D eigenvalue weighted by Gasteiger charge is 2.71. The Hall–Kier alpha value is -3.37. The predicted octanol–water partition coefficient (Wildman–Crippen LogP) is 5.69. The smallest absolute Gasteiger partial charge is 0.244 e. The predicted molar refractivity (Wildman–Crippen MR) is 123 cm³/mol. The molecule has 2 aliphatic carbocycles. The molecule has 3 atom stereocenters. The number of rotatable bonds is 2. The lowest BCUT2D eigenvalue weighted by Gasteiger charge is -2.46. The van der Waals surface area contributed by atoms with Crippen molar-refractivity contribution in [1.82, 2.24) is 5.01 Å². The standard InChI is InChI=1S/C28H26N4/c29-18-27(19-30)23-15-9-1-2-10-16-24(23)28(21-13-7-4-8-14-21)25-17-22(25)26(31-32(27)28)20-11-5-3-6-12-20/h3-8,11-14,22,25H,1-2,9-10,15-17H2/t22-,25+,28-/m0/s1. The van der Waals surface area contributed by atoms with Gasteiger partial charge in [-0.25, -0.2) is 5.01 Å². The van der Waals surface area contributed by atoms with Gasteiger partial charge in [-0.05, 0) is 54.4 Å². The second kappa shape index (κ2) is 7.07. The van der Waals surface area contributed by atoms with Crippen LogP contribution in [0.15, 0.2) is 76.9 Å². The minimum Gasteiger partial charge on any atom is -0.244 e. The van der Waals surface area contributed by atoms with E-state index in [9.17, 15) is 10.5 Å². The third-order valence-corrected chi connectivity index (χ3v) is 8.01. The fraction of sp³-hybridized carbons (Fsp3) is 0.393. The zero-order valence-electron chi connectivity index (χ0n) is 18.2. The molecule has 0 aromatic heterocycles. The minimum absolute atomic E-state index is 0.339. The van der Waals surface area contributed by atoms with E-state index < -0.39 is 11.1 Å². The Morgan fingerprint density at radius 2 is 1.44 bits per heavy atom. The van der Waals surface area contributed by atoms with Crippen LogP contribution in [-0.2, 0) is 5.54 Å². The summed E-state index contributed by atoms with van der Waals surface area (Å²) in [7, 11) is 0. The highest BCUT2D eigenvalue weighted by molar-refractivity contribution is 6.05. The van der Waals surface area contributed by atoms with Crippen molar-refractivity contribution >= 4 is 5.71 Å². The zero-order valence-corrected chi connectivity index (χ0v) is 18.2. The third kappa shape index (κ3) is 2.39. The van der Waals surface area contributed by atoms with Crippen LogP contribution in [0.4, 0.5) is 0 Å². The van der Waals surface area contributed by atoms with Gasteiger partial charge in [-0.2, -0.15) is 15.6 Å². The number of fused-ring (bicyclic) bond motifs is 4. The van der Waals surface area contributed by atoms with E-state index in [-0.39, 0.29) is 0 Å². The first kappa shape index (κ1) is 19.3. The Bertz CT molecular complexity index is 1180. The third-order valence-electron chi connectivity index (χ3n) is 8.01. The van der Waals surface area contributed by atoms with E-state index >= 15 is 0 Å².